The van der Waals surface area contributed by atoms with Gasteiger partial charge in [-0.3, -0.25) is 9.79 Å². The first-order chi connectivity index (χ1) is 11.7. The number of hydrogen-bond donors (Lipinski definition) is 3. The monoisotopic (exact) mass is 482 g/mol. The molecule has 1 amide bonds. The Kier molecular flexibility index (Phi) is 14.6. The van der Waals surface area contributed by atoms with Crippen LogP contribution in [0.5, 0.6) is 0 Å². The Balaban J connectivity index is 0.00000576. The molecule has 0 bridgehead atoms. The molecule has 0 aliphatic carbocycles. The van der Waals surface area contributed by atoms with Gasteiger partial charge in [0.05, 0.1) is 0 Å². The maximum Gasteiger partial charge on any atom is 0.224 e. The zero-order valence-electron chi connectivity index (χ0n) is 14.8. The van der Waals surface area contributed by atoms with E-state index in [-0.39, 0.29) is 29.9 Å². The second-order valence-corrected chi connectivity index (χ2v) is 5.57. The lowest BCUT2D eigenvalue weighted by Crippen LogP contribution is -2.38. The van der Waals surface area contributed by atoms with Crippen molar-refractivity contribution in [1.29, 1.82) is 0 Å². The predicted molar refractivity (Wildman–Crippen MR) is 115 cm³/mol. The van der Waals surface area contributed by atoms with Gasteiger partial charge in [-0.1, -0.05) is 11.6 Å². The number of nitrogens with one attached hydrogen (secondary N) is 3. The highest BCUT2D eigenvalue weighted by molar-refractivity contribution is 14.0. The summed E-state index contributed by atoms with van der Waals surface area (Å²) in [6, 6.07) is 7.07. The van der Waals surface area contributed by atoms with E-state index in [0.29, 0.717) is 18.0 Å². The van der Waals surface area contributed by atoms with Gasteiger partial charge in [-0.25, -0.2) is 0 Å². The van der Waals surface area contributed by atoms with Gasteiger partial charge in [0.25, 0.3) is 0 Å². The zero-order chi connectivity index (χ0) is 17.6. The molecular formula is C17H28ClIN4O2. The van der Waals surface area contributed by atoms with Crippen molar-refractivity contribution in [3.8, 4) is 0 Å². The summed E-state index contributed by atoms with van der Waals surface area (Å²) in [5.41, 5.74) is 0.754. The highest BCUT2D eigenvalue weighted by Gasteiger charge is 2.03. The lowest BCUT2D eigenvalue weighted by molar-refractivity contribution is -0.116. The van der Waals surface area contributed by atoms with Crippen LogP contribution >= 0.6 is 35.6 Å². The molecule has 1 aromatic rings. The van der Waals surface area contributed by atoms with E-state index >= 15 is 0 Å². The molecule has 1 rings (SSSR count). The minimum atomic E-state index is -0.0150. The summed E-state index contributed by atoms with van der Waals surface area (Å²) in [6.07, 6.45) is 2.09. The van der Waals surface area contributed by atoms with Crippen molar-refractivity contribution in [2.75, 3.05) is 38.7 Å². The summed E-state index contributed by atoms with van der Waals surface area (Å²) in [5.74, 6) is 0.725. The van der Waals surface area contributed by atoms with Crippen LogP contribution in [-0.4, -0.2) is 45.2 Å². The van der Waals surface area contributed by atoms with Crippen molar-refractivity contribution in [1.82, 2.24) is 10.6 Å². The Hall–Kier alpha value is -1.06. The van der Waals surface area contributed by atoms with Crippen molar-refractivity contribution in [3.05, 3.63) is 29.3 Å². The number of anilines is 1. The van der Waals surface area contributed by atoms with Crippen molar-refractivity contribution >= 4 is 53.1 Å². The maximum atomic E-state index is 11.9. The van der Waals surface area contributed by atoms with Crippen LogP contribution in [0.15, 0.2) is 29.3 Å². The normalized spacial score (nSPS) is 10.8. The minimum absolute atomic E-state index is 0. The number of carbonyl (C=O) groups is 1. The fourth-order valence-corrected chi connectivity index (χ4v) is 2.08. The highest BCUT2D eigenvalue weighted by atomic mass is 127. The smallest absolute Gasteiger partial charge is 0.224 e. The van der Waals surface area contributed by atoms with E-state index in [1.165, 1.54) is 0 Å². The molecule has 0 spiro atoms. The van der Waals surface area contributed by atoms with Crippen LogP contribution in [0.1, 0.15) is 26.2 Å². The molecule has 0 fully saturated rings. The Labute approximate surface area is 172 Å². The first kappa shape index (κ1) is 23.9. The topological polar surface area (TPSA) is 74.8 Å². The molecule has 25 heavy (non-hydrogen) atoms. The molecule has 0 radical (unpaired) electrons. The van der Waals surface area contributed by atoms with Crippen LogP contribution in [0, 0.1) is 0 Å². The van der Waals surface area contributed by atoms with Gasteiger partial charge in [0.2, 0.25) is 5.91 Å². The van der Waals surface area contributed by atoms with Gasteiger partial charge in [-0.05, 0) is 44.0 Å². The van der Waals surface area contributed by atoms with Crippen LogP contribution in [0.3, 0.4) is 0 Å². The van der Waals surface area contributed by atoms with E-state index < -0.39 is 0 Å². The van der Waals surface area contributed by atoms with Gasteiger partial charge in [-0.15, -0.1) is 24.0 Å². The molecule has 8 heteroatoms. The molecule has 0 aromatic heterocycles. The number of benzene rings is 1. The van der Waals surface area contributed by atoms with Gasteiger partial charge in [0.15, 0.2) is 5.96 Å². The molecule has 0 saturated carbocycles. The number of aliphatic imine (C=N–C) groups is 1. The van der Waals surface area contributed by atoms with Gasteiger partial charge < -0.3 is 20.7 Å². The highest BCUT2D eigenvalue weighted by Crippen LogP contribution is 2.13. The van der Waals surface area contributed by atoms with Crippen molar-refractivity contribution in [2.45, 2.75) is 26.2 Å². The summed E-state index contributed by atoms with van der Waals surface area (Å²) >= 11 is 5.81. The fraction of sp³-hybridized carbons (Fsp3) is 0.529. The maximum absolute atomic E-state index is 11.9. The largest absolute Gasteiger partial charge is 0.382 e. The zero-order valence-corrected chi connectivity index (χ0v) is 17.9. The molecule has 0 aliphatic rings. The third-order valence-electron chi connectivity index (χ3n) is 3.19. The predicted octanol–water partition coefficient (Wildman–Crippen LogP) is 3.27. The summed E-state index contributed by atoms with van der Waals surface area (Å²) in [6.45, 7) is 4.95. The standard InChI is InChI=1S/C17H27ClN4O2.HI/c1-3-24-13-5-12-21-17(19-2)20-11-4-6-16(23)22-15-9-7-14(18)8-10-15;/h7-10H,3-6,11-13H2,1-2H3,(H,22,23)(H2,19,20,21);1H. The number of ether oxygens (including phenoxy) is 1. The second-order valence-electron chi connectivity index (χ2n) is 5.13. The third kappa shape index (κ3) is 12.0. The second kappa shape index (κ2) is 15.2. The molecule has 0 saturated heterocycles. The number of halogens is 2. The number of nitrogens with zero attached hydrogens (tertiary/aromatic N) is 1. The first-order valence-corrected chi connectivity index (χ1v) is 8.61. The third-order valence-corrected chi connectivity index (χ3v) is 3.44. The quantitative estimate of drug-likeness (QED) is 0.207. The van der Waals surface area contributed by atoms with E-state index in [0.717, 1.165) is 44.2 Å². The average molecular weight is 483 g/mol. The Bertz CT molecular complexity index is 512. The van der Waals surface area contributed by atoms with Crippen molar-refractivity contribution < 1.29 is 9.53 Å². The first-order valence-electron chi connectivity index (χ1n) is 8.23. The lowest BCUT2D eigenvalue weighted by atomic mass is 10.2. The molecule has 0 unspecified atom stereocenters. The molecule has 0 atom stereocenters. The number of rotatable bonds is 10. The average Bonchev–Trinajstić information content (AvgIpc) is 2.58. The lowest BCUT2D eigenvalue weighted by Gasteiger charge is -2.11. The van der Waals surface area contributed by atoms with Gasteiger partial charge in [-0.2, -0.15) is 0 Å². The number of carbonyl (C=O) groups excluding carboxylic acids is 1. The van der Waals surface area contributed by atoms with Crippen LogP contribution < -0.4 is 16.0 Å². The Morgan fingerprint density at radius 2 is 1.80 bits per heavy atom. The fourth-order valence-electron chi connectivity index (χ4n) is 1.96. The SMILES string of the molecule is CCOCCCNC(=NC)NCCCC(=O)Nc1ccc(Cl)cc1.I. The number of hydrogen-bond acceptors (Lipinski definition) is 3. The molecule has 0 heterocycles. The number of amides is 1. The molecule has 0 aliphatic heterocycles. The molecule has 6 nitrogen and oxygen atoms in total. The van der Waals surface area contributed by atoms with Gasteiger partial charge >= 0.3 is 0 Å². The van der Waals surface area contributed by atoms with E-state index in [2.05, 4.69) is 20.9 Å². The van der Waals surface area contributed by atoms with Crippen molar-refractivity contribution in [2.24, 2.45) is 4.99 Å². The van der Waals surface area contributed by atoms with Crippen LogP contribution in [0.4, 0.5) is 5.69 Å². The van der Waals surface area contributed by atoms with E-state index in [1.807, 2.05) is 6.92 Å². The molecule has 1 aromatic carbocycles. The number of guanidine groups is 1. The van der Waals surface area contributed by atoms with Crippen molar-refractivity contribution in [3.63, 3.8) is 0 Å². The molecular weight excluding hydrogens is 455 g/mol. The summed E-state index contributed by atoms with van der Waals surface area (Å²) in [5, 5.41) is 9.89. The van der Waals surface area contributed by atoms with Crippen LogP contribution in [0.25, 0.3) is 0 Å². The molecule has 3 N–H and O–H groups in total. The van der Waals surface area contributed by atoms with E-state index in [1.54, 1.807) is 31.3 Å². The van der Waals surface area contributed by atoms with Crippen LogP contribution in [0.2, 0.25) is 5.02 Å². The van der Waals surface area contributed by atoms with Gasteiger partial charge in [0.1, 0.15) is 0 Å². The Morgan fingerprint density at radius 3 is 2.40 bits per heavy atom. The summed E-state index contributed by atoms with van der Waals surface area (Å²) < 4.78 is 5.28. The molecule has 142 valence electrons. The van der Waals surface area contributed by atoms with E-state index in [9.17, 15) is 4.79 Å². The summed E-state index contributed by atoms with van der Waals surface area (Å²) in [7, 11) is 1.73. The summed E-state index contributed by atoms with van der Waals surface area (Å²) in [4.78, 5) is 16.0. The van der Waals surface area contributed by atoms with Crippen LogP contribution in [-0.2, 0) is 9.53 Å². The van der Waals surface area contributed by atoms with E-state index in [4.69, 9.17) is 16.3 Å². The minimum Gasteiger partial charge on any atom is -0.382 e. The Morgan fingerprint density at radius 1 is 1.16 bits per heavy atom. The van der Waals surface area contributed by atoms with Gasteiger partial charge in [0, 0.05) is 50.5 Å².